The van der Waals surface area contributed by atoms with Crippen molar-refractivity contribution in [1.29, 1.82) is 0 Å². The second kappa shape index (κ2) is 4.98. The Hall–Kier alpha value is -1.74. The molecule has 0 amide bonds. The fraction of sp³-hybridized carbons (Fsp3) is 0.412. The van der Waals surface area contributed by atoms with Crippen LogP contribution in [0.5, 0.6) is 0 Å². The van der Waals surface area contributed by atoms with Gasteiger partial charge >= 0.3 is 0 Å². The molecule has 4 rings (SSSR count). The van der Waals surface area contributed by atoms with Crippen LogP contribution in [0.2, 0.25) is 0 Å². The van der Waals surface area contributed by atoms with E-state index in [1.165, 1.54) is 36.9 Å². The molecule has 3 heteroatoms. The van der Waals surface area contributed by atoms with Crippen molar-refractivity contribution in [1.82, 2.24) is 14.9 Å². The van der Waals surface area contributed by atoms with Gasteiger partial charge in [-0.3, -0.25) is 4.90 Å². The highest BCUT2D eigenvalue weighted by molar-refractivity contribution is 5.62. The average molecular weight is 265 g/mol. The first kappa shape index (κ1) is 12.0. The van der Waals surface area contributed by atoms with Crippen molar-refractivity contribution in [3.05, 3.63) is 48.5 Å². The van der Waals surface area contributed by atoms with Crippen LogP contribution >= 0.6 is 0 Å². The van der Waals surface area contributed by atoms with Gasteiger partial charge in [0.1, 0.15) is 6.33 Å². The van der Waals surface area contributed by atoms with Crippen molar-refractivity contribution < 1.29 is 0 Å². The van der Waals surface area contributed by atoms with Gasteiger partial charge in [0.05, 0.1) is 0 Å². The Morgan fingerprint density at radius 2 is 1.90 bits per heavy atom. The van der Waals surface area contributed by atoms with E-state index in [2.05, 4.69) is 39.1 Å². The molecule has 2 aliphatic rings. The molecule has 2 fully saturated rings. The first-order valence-electron chi connectivity index (χ1n) is 7.48. The fourth-order valence-corrected chi connectivity index (χ4v) is 3.20. The molecule has 1 aromatic carbocycles. The molecule has 102 valence electrons. The van der Waals surface area contributed by atoms with Crippen LogP contribution in [0.4, 0.5) is 0 Å². The zero-order valence-electron chi connectivity index (χ0n) is 11.6. The van der Waals surface area contributed by atoms with Crippen molar-refractivity contribution in [2.75, 3.05) is 6.54 Å². The third kappa shape index (κ3) is 2.34. The lowest BCUT2D eigenvalue weighted by atomic mass is 9.96. The Morgan fingerprint density at radius 1 is 1.05 bits per heavy atom. The molecule has 0 N–H and O–H groups in total. The lowest BCUT2D eigenvalue weighted by molar-refractivity contribution is 0.0656. The Bertz CT molecular complexity index is 592. The van der Waals surface area contributed by atoms with Gasteiger partial charge in [0, 0.05) is 37.1 Å². The van der Waals surface area contributed by atoms with Crippen LogP contribution < -0.4 is 0 Å². The van der Waals surface area contributed by atoms with E-state index in [0.717, 1.165) is 24.1 Å². The van der Waals surface area contributed by atoms with Crippen molar-refractivity contribution in [3.8, 4) is 11.1 Å². The van der Waals surface area contributed by atoms with Gasteiger partial charge in [0.15, 0.2) is 0 Å². The summed E-state index contributed by atoms with van der Waals surface area (Å²) in [6.45, 7) is 2.35. The monoisotopic (exact) mass is 265 g/mol. The Morgan fingerprint density at radius 3 is 2.60 bits per heavy atom. The molecular weight excluding hydrogens is 246 g/mol. The zero-order chi connectivity index (χ0) is 13.4. The van der Waals surface area contributed by atoms with Crippen LogP contribution in [0.25, 0.3) is 11.1 Å². The molecule has 0 radical (unpaired) electrons. The molecule has 3 nitrogen and oxygen atoms in total. The molecule has 1 aliphatic carbocycles. The van der Waals surface area contributed by atoms with Crippen molar-refractivity contribution in [2.45, 2.75) is 31.8 Å². The summed E-state index contributed by atoms with van der Waals surface area (Å²) < 4.78 is 0. The lowest BCUT2D eigenvalue weighted by Gasteiger charge is -2.41. The van der Waals surface area contributed by atoms with Crippen molar-refractivity contribution in [2.24, 2.45) is 5.92 Å². The summed E-state index contributed by atoms with van der Waals surface area (Å²) in [4.78, 5) is 10.8. The number of aromatic nitrogens is 2. The maximum Gasteiger partial charge on any atom is 0.115 e. The molecule has 1 atom stereocenters. The minimum Gasteiger partial charge on any atom is -0.296 e. The number of nitrogens with zero attached hydrogens (tertiary/aromatic N) is 3. The van der Waals surface area contributed by atoms with E-state index in [1.807, 2.05) is 12.4 Å². The van der Waals surface area contributed by atoms with Gasteiger partial charge < -0.3 is 0 Å². The quantitative estimate of drug-likeness (QED) is 0.850. The number of hydrogen-bond acceptors (Lipinski definition) is 3. The summed E-state index contributed by atoms with van der Waals surface area (Å²) in [6.07, 6.45) is 9.63. The molecule has 2 heterocycles. The topological polar surface area (TPSA) is 29.0 Å². The summed E-state index contributed by atoms with van der Waals surface area (Å²) in [5.41, 5.74) is 3.71. The molecule has 1 aromatic heterocycles. The minimum absolute atomic E-state index is 0.860. The minimum atomic E-state index is 0.860. The van der Waals surface area contributed by atoms with Crippen LogP contribution in [0.15, 0.2) is 43.0 Å². The summed E-state index contributed by atoms with van der Waals surface area (Å²) in [7, 11) is 0. The molecule has 1 saturated heterocycles. The van der Waals surface area contributed by atoms with E-state index in [0.29, 0.717) is 0 Å². The SMILES string of the molecule is c1cc(CN2CCC2C2CC2)cc(-c2cncnc2)c1. The maximum atomic E-state index is 4.10. The molecular formula is C17H19N3. The van der Waals surface area contributed by atoms with Crippen LogP contribution in [0.1, 0.15) is 24.8 Å². The van der Waals surface area contributed by atoms with Gasteiger partial charge in [-0.25, -0.2) is 9.97 Å². The van der Waals surface area contributed by atoms with Crippen LogP contribution in [0.3, 0.4) is 0 Å². The third-order valence-corrected chi connectivity index (χ3v) is 4.55. The van der Waals surface area contributed by atoms with Crippen LogP contribution in [-0.2, 0) is 6.54 Å². The Labute approximate surface area is 119 Å². The number of benzene rings is 1. The number of rotatable bonds is 4. The van der Waals surface area contributed by atoms with Crippen molar-refractivity contribution >= 4 is 0 Å². The van der Waals surface area contributed by atoms with Crippen LogP contribution in [0, 0.1) is 5.92 Å². The van der Waals surface area contributed by atoms with Crippen molar-refractivity contribution in [3.63, 3.8) is 0 Å². The molecule has 1 unspecified atom stereocenters. The highest BCUT2D eigenvalue weighted by atomic mass is 15.2. The zero-order valence-corrected chi connectivity index (χ0v) is 11.6. The average Bonchev–Trinajstić information content (AvgIpc) is 3.29. The lowest BCUT2D eigenvalue weighted by Crippen LogP contribution is -2.48. The molecule has 0 spiro atoms. The van der Waals surface area contributed by atoms with E-state index >= 15 is 0 Å². The summed E-state index contributed by atoms with van der Waals surface area (Å²) in [6, 6.07) is 9.65. The molecule has 2 aromatic rings. The predicted octanol–water partition coefficient (Wildman–Crippen LogP) is 3.13. The molecule has 20 heavy (non-hydrogen) atoms. The highest BCUT2D eigenvalue weighted by Gasteiger charge is 2.40. The standard InChI is InChI=1S/C17H19N3/c1-2-13(11-20-7-6-17(20)14-4-5-14)8-15(3-1)16-9-18-12-19-10-16/h1-3,8-10,12,14,17H,4-7,11H2. The van der Waals surface area contributed by atoms with E-state index in [1.54, 1.807) is 6.33 Å². The van der Waals surface area contributed by atoms with E-state index in [9.17, 15) is 0 Å². The van der Waals surface area contributed by atoms with Gasteiger partial charge in [-0.1, -0.05) is 18.2 Å². The highest BCUT2D eigenvalue weighted by Crippen LogP contribution is 2.41. The Balaban J connectivity index is 1.51. The van der Waals surface area contributed by atoms with Gasteiger partial charge in [-0.15, -0.1) is 0 Å². The van der Waals surface area contributed by atoms with Gasteiger partial charge in [-0.05, 0) is 42.4 Å². The summed E-state index contributed by atoms with van der Waals surface area (Å²) in [5, 5.41) is 0. The predicted molar refractivity (Wildman–Crippen MR) is 79.0 cm³/mol. The maximum absolute atomic E-state index is 4.10. The summed E-state index contributed by atoms with van der Waals surface area (Å²) in [5.74, 6) is 0.995. The van der Waals surface area contributed by atoms with Crippen LogP contribution in [-0.4, -0.2) is 27.5 Å². The normalized spacial score (nSPS) is 22.5. The molecule has 1 aliphatic heterocycles. The van der Waals surface area contributed by atoms with Gasteiger partial charge in [-0.2, -0.15) is 0 Å². The first-order chi connectivity index (χ1) is 9.90. The van der Waals surface area contributed by atoms with E-state index in [-0.39, 0.29) is 0 Å². The third-order valence-electron chi connectivity index (χ3n) is 4.55. The van der Waals surface area contributed by atoms with E-state index in [4.69, 9.17) is 0 Å². The van der Waals surface area contributed by atoms with E-state index < -0.39 is 0 Å². The first-order valence-corrected chi connectivity index (χ1v) is 7.48. The number of hydrogen-bond donors (Lipinski definition) is 0. The number of likely N-dealkylation sites (tertiary alicyclic amines) is 1. The van der Waals surface area contributed by atoms with Gasteiger partial charge in [0.2, 0.25) is 0 Å². The van der Waals surface area contributed by atoms with Gasteiger partial charge in [0.25, 0.3) is 0 Å². The summed E-state index contributed by atoms with van der Waals surface area (Å²) >= 11 is 0. The second-order valence-corrected chi connectivity index (χ2v) is 5.99. The fourth-order valence-electron chi connectivity index (χ4n) is 3.20. The molecule has 0 bridgehead atoms. The smallest absolute Gasteiger partial charge is 0.115 e. The molecule has 1 saturated carbocycles. The largest absolute Gasteiger partial charge is 0.296 e. The second-order valence-electron chi connectivity index (χ2n) is 5.99. The Kier molecular flexibility index (Phi) is 3.00.